The molecule has 7 heteroatoms. The molecule has 1 atom stereocenters. The molecule has 3 N–H and O–H groups in total. The molecule has 0 saturated carbocycles. The van der Waals surface area contributed by atoms with Gasteiger partial charge >= 0.3 is 0 Å². The second-order valence-corrected chi connectivity index (χ2v) is 5.94. The molecule has 0 amide bonds. The van der Waals surface area contributed by atoms with Crippen molar-refractivity contribution < 1.29 is 4.74 Å². The van der Waals surface area contributed by atoms with Crippen molar-refractivity contribution in [2.75, 3.05) is 14.2 Å². The van der Waals surface area contributed by atoms with Gasteiger partial charge in [-0.25, -0.2) is 4.98 Å². The monoisotopic (exact) mass is 330 g/mol. The Morgan fingerprint density at radius 1 is 1.25 bits per heavy atom. The van der Waals surface area contributed by atoms with Crippen LogP contribution in [0.25, 0.3) is 11.4 Å². The Bertz CT molecular complexity index is 662. The van der Waals surface area contributed by atoms with Crippen LogP contribution in [0.4, 0.5) is 0 Å². The third-order valence-corrected chi connectivity index (χ3v) is 3.89. The normalized spacial score (nSPS) is 13.0. The van der Waals surface area contributed by atoms with E-state index in [0.29, 0.717) is 24.3 Å². The van der Waals surface area contributed by atoms with Crippen molar-refractivity contribution in [2.45, 2.75) is 33.4 Å². The minimum atomic E-state index is 0.334. The summed E-state index contributed by atoms with van der Waals surface area (Å²) < 4.78 is 5.16. The fourth-order valence-corrected chi connectivity index (χ4v) is 1.99. The van der Waals surface area contributed by atoms with Crippen LogP contribution in [0.1, 0.15) is 26.6 Å². The molecule has 0 aliphatic heterocycles. The van der Waals surface area contributed by atoms with Gasteiger partial charge in [0.15, 0.2) is 11.8 Å². The number of benzene rings is 1. The van der Waals surface area contributed by atoms with E-state index >= 15 is 0 Å². The molecule has 0 aliphatic carbocycles. The maximum atomic E-state index is 5.16. The van der Waals surface area contributed by atoms with Gasteiger partial charge in [0, 0.05) is 18.7 Å². The highest BCUT2D eigenvalue weighted by molar-refractivity contribution is 5.79. The van der Waals surface area contributed by atoms with E-state index in [1.807, 2.05) is 24.3 Å². The summed E-state index contributed by atoms with van der Waals surface area (Å²) in [6.07, 6.45) is 0. The first-order chi connectivity index (χ1) is 11.5. The highest BCUT2D eigenvalue weighted by atomic mass is 16.5. The molecule has 0 saturated heterocycles. The summed E-state index contributed by atoms with van der Waals surface area (Å²) in [5, 5.41) is 13.8. The number of hydrogen-bond acceptors (Lipinski definition) is 4. The summed E-state index contributed by atoms with van der Waals surface area (Å²) in [5.74, 6) is 3.49. The lowest BCUT2D eigenvalue weighted by molar-refractivity contribution is 0.415. The van der Waals surface area contributed by atoms with E-state index in [2.05, 4.69) is 51.6 Å². The number of aliphatic imine (C=N–C) groups is 1. The lowest BCUT2D eigenvalue weighted by Gasteiger charge is -2.20. The summed E-state index contributed by atoms with van der Waals surface area (Å²) in [6, 6.07) is 7.99. The Hall–Kier alpha value is -2.57. The molecular weight excluding hydrogens is 304 g/mol. The van der Waals surface area contributed by atoms with Crippen LogP contribution in [-0.4, -0.2) is 41.3 Å². The molecule has 2 rings (SSSR count). The van der Waals surface area contributed by atoms with Crippen LogP contribution in [0.5, 0.6) is 5.75 Å². The van der Waals surface area contributed by atoms with Crippen LogP contribution >= 0.6 is 0 Å². The number of nitrogens with zero attached hydrogens (tertiary/aromatic N) is 3. The fourth-order valence-electron chi connectivity index (χ4n) is 1.99. The standard InChI is InChI=1S/C17H26N6O/c1-11(2)12(3)20-17(18-4)19-10-15-21-16(23-22-15)13-6-8-14(24-5)9-7-13/h6-9,11-12H,10H2,1-5H3,(H2,18,19,20)(H,21,22,23). The van der Waals surface area contributed by atoms with Crippen LogP contribution in [0.2, 0.25) is 0 Å². The lowest BCUT2D eigenvalue weighted by Crippen LogP contribution is -2.44. The molecule has 1 aromatic heterocycles. The largest absolute Gasteiger partial charge is 0.497 e. The van der Waals surface area contributed by atoms with Gasteiger partial charge in [0.1, 0.15) is 11.6 Å². The van der Waals surface area contributed by atoms with Gasteiger partial charge in [0.2, 0.25) is 0 Å². The molecule has 1 unspecified atom stereocenters. The van der Waals surface area contributed by atoms with Crippen LogP contribution in [0.3, 0.4) is 0 Å². The average Bonchev–Trinajstić information content (AvgIpc) is 3.07. The Kier molecular flexibility index (Phi) is 6.17. The highest BCUT2D eigenvalue weighted by Gasteiger charge is 2.10. The van der Waals surface area contributed by atoms with E-state index in [-0.39, 0.29) is 0 Å². The second-order valence-electron chi connectivity index (χ2n) is 5.94. The van der Waals surface area contributed by atoms with Gasteiger partial charge < -0.3 is 15.4 Å². The number of hydrogen-bond donors (Lipinski definition) is 3. The second kappa shape index (κ2) is 8.33. The summed E-state index contributed by atoms with van der Waals surface area (Å²) in [5.41, 5.74) is 0.939. The summed E-state index contributed by atoms with van der Waals surface area (Å²) >= 11 is 0. The number of nitrogens with one attached hydrogen (secondary N) is 3. The van der Waals surface area contributed by atoms with E-state index in [9.17, 15) is 0 Å². The Balaban J connectivity index is 1.95. The van der Waals surface area contributed by atoms with Gasteiger partial charge in [-0.05, 0) is 37.1 Å². The third-order valence-electron chi connectivity index (χ3n) is 3.89. The zero-order valence-corrected chi connectivity index (χ0v) is 14.9. The smallest absolute Gasteiger partial charge is 0.191 e. The lowest BCUT2D eigenvalue weighted by atomic mass is 10.1. The molecule has 7 nitrogen and oxygen atoms in total. The zero-order chi connectivity index (χ0) is 17.5. The Morgan fingerprint density at radius 3 is 2.54 bits per heavy atom. The number of ether oxygens (including phenoxy) is 1. The highest BCUT2D eigenvalue weighted by Crippen LogP contribution is 2.18. The van der Waals surface area contributed by atoms with Crippen LogP contribution in [0, 0.1) is 5.92 Å². The Morgan fingerprint density at radius 2 is 1.96 bits per heavy atom. The number of aromatic amines is 1. The number of rotatable bonds is 6. The van der Waals surface area contributed by atoms with Crippen molar-refractivity contribution in [3.63, 3.8) is 0 Å². The topological polar surface area (TPSA) is 87.2 Å². The molecule has 0 fully saturated rings. The number of methoxy groups -OCH3 is 1. The van der Waals surface area contributed by atoms with Gasteiger partial charge in [-0.15, -0.1) is 0 Å². The van der Waals surface area contributed by atoms with E-state index < -0.39 is 0 Å². The molecule has 1 heterocycles. The average molecular weight is 330 g/mol. The molecule has 130 valence electrons. The molecule has 0 aliphatic rings. The molecule has 0 spiro atoms. The van der Waals surface area contributed by atoms with Crippen molar-refractivity contribution in [3.05, 3.63) is 30.1 Å². The van der Waals surface area contributed by atoms with Crippen molar-refractivity contribution in [2.24, 2.45) is 10.9 Å². The van der Waals surface area contributed by atoms with Gasteiger partial charge in [-0.2, -0.15) is 5.10 Å². The summed E-state index contributed by atoms with van der Waals surface area (Å²) in [6.45, 7) is 6.99. The maximum Gasteiger partial charge on any atom is 0.191 e. The SMILES string of the molecule is CN=C(NCc1nc(-c2ccc(OC)cc2)n[nH]1)NC(C)C(C)C. The van der Waals surface area contributed by atoms with Crippen LogP contribution in [-0.2, 0) is 6.54 Å². The molecular formula is C17H26N6O. The van der Waals surface area contributed by atoms with E-state index in [4.69, 9.17) is 4.74 Å². The minimum Gasteiger partial charge on any atom is -0.497 e. The van der Waals surface area contributed by atoms with E-state index in [1.165, 1.54) is 0 Å². The number of aromatic nitrogens is 3. The quantitative estimate of drug-likeness (QED) is 0.558. The first-order valence-corrected chi connectivity index (χ1v) is 8.06. The molecule has 24 heavy (non-hydrogen) atoms. The molecule has 1 aromatic carbocycles. The van der Waals surface area contributed by atoms with E-state index in [0.717, 1.165) is 23.1 Å². The predicted octanol–water partition coefficient (Wildman–Crippen LogP) is 2.19. The van der Waals surface area contributed by atoms with Gasteiger partial charge in [0.05, 0.1) is 13.7 Å². The summed E-state index contributed by atoms with van der Waals surface area (Å²) in [4.78, 5) is 8.73. The van der Waals surface area contributed by atoms with Crippen molar-refractivity contribution >= 4 is 5.96 Å². The summed E-state index contributed by atoms with van der Waals surface area (Å²) in [7, 11) is 3.40. The number of H-pyrrole nitrogens is 1. The van der Waals surface area contributed by atoms with Gasteiger partial charge in [-0.3, -0.25) is 10.1 Å². The minimum absolute atomic E-state index is 0.334. The molecule has 2 aromatic rings. The Labute approximate surface area is 142 Å². The molecule has 0 radical (unpaired) electrons. The maximum absolute atomic E-state index is 5.16. The van der Waals surface area contributed by atoms with Gasteiger partial charge in [-0.1, -0.05) is 13.8 Å². The van der Waals surface area contributed by atoms with Crippen molar-refractivity contribution in [1.82, 2.24) is 25.8 Å². The fraction of sp³-hybridized carbons (Fsp3) is 0.471. The zero-order valence-electron chi connectivity index (χ0n) is 14.9. The number of guanidine groups is 1. The third kappa shape index (κ3) is 4.71. The first kappa shape index (κ1) is 17.8. The van der Waals surface area contributed by atoms with Crippen molar-refractivity contribution in [3.8, 4) is 17.1 Å². The first-order valence-electron chi connectivity index (χ1n) is 8.06. The predicted molar refractivity (Wildman–Crippen MR) is 96.0 cm³/mol. The van der Waals surface area contributed by atoms with Gasteiger partial charge in [0.25, 0.3) is 0 Å². The van der Waals surface area contributed by atoms with Crippen molar-refractivity contribution in [1.29, 1.82) is 0 Å². The molecule has 0 bridgehead atoms. The van der Waals surface area contributed by atoms with E-state index in [1.54, 1.807) is 14.2 Å². The van der Waals surface area contributed by atoms with Crippen LogP contribution < -0.4 is 15.4 Å². The van der Waals surface area contributed by atoms with Crippen LogP contribution in [0.15, 0.2) is 29.3 Å².